The Kier molecular flexibility index (Phi) is 9.14. The van der Waals surface area contributed by atoms with Crippen LogP contribution in [0.4, 0.5) is 8.78 Å². The molecule has 0 unspecified atom stereocenters. The number of methoxy groups -OCH3 is 1. The van der Waals surface area contributed by atoms with Gasteiger partial charge in [0.25, 0.3) is 5.56 Å². The summed E-state index contributed by atoms with van der Waals surface area (Å²) in [6.07, 6.45) is 0.101. The fourth-order valence-corrected chi connectivity index (χ4v) is 5.17. The highest BCUT2D eigenvalue weighted by molar-refractivity contribution is 7.53. The molecule has 0 atom stereocenters. The minimum Gasteiger partial charge on any atom is -0.493 e. The number of benzene rings is 2. The maximum absolute atomic E-state index is 12.9. The van der Waals surface area contributed by atoms with E-state index in [1.165, 1.54) is 36.1 Å². The van der Waals surface area contributed by atoms with Gasteiger partial charge < -0.3 is 18.5 Å². The van der Waals surface area contributed by atoms with E-state index in [4.69, 9.17) is 13.8 Å². The molecular weight excluding hydrogens is 481 g/mol. The van der Waals surface area contributed by atoms with Crippen molar-refractivity contribution in [2.45, 2.75) is 33.2 Å². The van der Waals surface area contributed by atoms with Crippen LogP contribution in [-0.4, -0.2) is 36.7 Å². The lowest BCUT2D eigenvalue weighted by Gasteiger charge is -2.17. The van der Waals surface area contributed by atoms with Crippen molar-refractivity contribution in [3.63, 3.8) is 0 Å². The summed E-state index contributed by atoms with van der Waals surface area (Å²) in [6.45, 7) is 1.15. The van der Waals surface area contributed by atoms with Crippen molar-refractivity contribution in [2.75, 3.05) is 20.3 Å². The molecule has 0 aliphatic heterocycles. The van der Waals surface area contributed by atoms with Crippen LogP contribution in [0.15, 0.2) is 59.4 Å². The number of halogens is 2. The van der Waals surface area contributed by atoms with Gasteiger partial charge in [-0.05, 0) is 49.2 Å². The van der Waals surface area contributed by atoms with Gasteiger partial charge in [-0.2, -0.15) is 13.9 Å². The zero-order valence-electron chi connectivity index (χ0n) is 19.6. The normalized spacial score (nSPS) is 11.6. The highest BCUT2D eigenvalue weighted by Gasteiger charge is 2.24. The smallest absolute Gasteiger partial charge is 0.387 e. The second-order valence-corrected chi connectivity index (χ2v) is 9.44. The molecule has 0 saturated carbocycles. The predicted octanol–water partition coefficient (Wildman–Crippen LogP) is 5.33. The van der Waals surface area contributed by atoms with Crippen LogP contribution < -0.4 is 15.0 Å². The van der Waals surface area contributed by atoms with Gasteiger partial charge in [-0.15, -0.1) is 0 Å². The summed E-state index contributed by atoms with van der Waals surface area (Å²) in [5, 5.41) is 4.39. The van der Waals surface area contributed by atoms with Crippen molar-refractivity contribution >= 4 is 7.60 Å². The SMILES string of the molecule is CCOP(=O)(Cc1cccc(Cn2nc(-c3ccc(OC)c(OC(F)F)c3)ccc2=O)c1)OCC. The Hall–Kier alpha value is -3.07. The minimum atomic E-state index is -3.28. The van der Waals surface area contributed by atoms with Crippen molar-refractivity contribution in [1.29, 1.82) is 0 Å². The van der Waals surface area contributed by atoms with E-state index in [1.807, 2.05) is 18.2 Å². The number of rotatable bonds is 12. The van der Waals surface area contributed by atoms with Gasteiger partial charge in [0.1, 0.15) is 0 Å². The van der Waals surface area contributed by atoms with E-state index >= 15 is 0 Å². The Bertz CT molecular complexity index is 1240. The van der Waals surface area contributed by atoms with Crippen LogP contribution in [0.3, 0.4) is 0 Å². The van der Waals surface area contributed by atoms with Gasteiger partial charge in [0.2, 0.25) is 0 Å². The maximum Gasteiger partial charge on any atom is 0.387 e. The molecular formula is C24H27F2N2O6P. The molecule has 0 saturated heterocycles. The highest BCUT2D eigenvalue weighted by Crippen LogP contribution is 2.51. The molecule has 11 heteroatoms. The molecule has 0 spiro atoms. The van der Waals surface area contributed by atoms with E-state index in [0.29, 0.717) is 11.3 Å². The third kappa shape index (κ3) is 7.21. The fraction of sp³-hybridized carbons (Fsp3) is 0.333. The number of hydrogen-bond donors (Lipinski definition) is 0. The monoisotopic (exact) mass is 508 g/mol. The van der Waals surface area contributed by atoms with Crippen LogP contribution >= 0.6 is 7.60 Å². The molecule has 0 aliphatic rings. The molecule has 3 aromatic rings. The predicted molar refractivity (Wildman–Crippen MR) is 127 cm³/mol. The largest absolute Gasteiger partial charge is 0.493 e. The summed E-state index contributed by atoms with van der Waals surface area (Å²) in [7, 11) is -1.93. The molecule has 0 N–H and O–H groups in total. The molecule has 35 heavy (non-hydrogen) atoms. The second-order valence-electron chi connectivity index (χ2n) is 7.38. The first-order valence-electron chi connectivity index (χ1n) is 10.9. The summed E-state index contributed by atoms with van der Waals surface area (Å²) in [6, 6.07) is 14.6. The number of hydrogen-bond acceptors (Lipinski definition) is 7. The first kappa shape index (κ1) is 26.5. The molecule has 0 aliphatic carbocycles. The third-order valence-electron chi connectivity index (χ3n) is 4.89. The lowest BCUT2D eigenvalue weighted by Crippen LogP contribution is -2.22. The van der Waals surface area contributed by atoms with Crippen molar-refractivity contribution in [1.82, 2.24) is 9.78 Å². The Morgan fingerprint density at radius 1 is 0.971 bits per heavy atom. The Morgan fingerprint density at radius 2 is 1.69 bits per heavy atom. The number of ether oxygens (including phenoxy) is 2. The van der Waals surface area contributed by atoms with Crippen LogP contribution in [0.25, 0.3) is 11.3 Å². The summed E-state index contributed by atoms with van der Waals surface area (Å²) < 4.78 is 60.0. The minimum absolute atomic E-state index is 0.101. The first-order chi connectivity index (χ1) is 16.8. The van der Waals surface area contributed by atoms with Crippen LogP contribution in [0.1, 0.15) is 25.0 Å². The molecule has 2 aromatic carbocycles. The molecule has 8 nitrogen and oxygen atoms in total. The van der Waals surface area contributed by atoms with Crippen molar-refractivity contribution in [3.8, 4) is 22.8 Å². The van der Waals surface area contributed by atoms with E-state index in [9.17, 15) is 18.1 Å². The fourth-order valence-electron chi connectivity index (χ4n) is 3.49. The molecule has 188 valence electrons. The number of nitrogens with zero attached hydrogens (tertiary/aromatic N) is 2. The maximum atomic E-state index is 12.9. The molecule has 0 amide bonds. The molecule has 0 fully saturated rings. The van der Waals surface area contributed by atoms with E-state index in [-0.39, 0.29) is 43.0 Å². The van der Waals surface area contributed by atoms with E-state index in [1.54, 1.807) is 26.0 Å². The highest BCUT2D eigenvalue weighted by atomic mass is 31.2. The molecule has 1 aromatic heterocycles. The third-order valence-corrected chi connectivity index (χ3v) is 6.95. The average Bonchev–Trinajstić information content (AvgIpc) is 2.80. The lowest BCUT2D eigenvalue weighted by molar-refractivity contribution is -0.0511. The summed E-state index contributed by atoms with van der Waals surface area (Å²) in [5.41, 5.74) is 2.01. The van der Waals surface area contributed by atoms with Crippen molar-refractivity contribution in [3.05, 3.63) is 76.1 Å². The van der Waals surface area contributed by atoms with Crippen LogP contribution in [0.2, 0.25) is 0 Å². The summed E-state index contributed by atoms with van der Waals surface area (Å²) in [4.78, 5) is 12.5. The van der Waals surface area contributed by atoms with E-state index in [0.717, 1.165) is 11.1 Å². The lowest BCUT2D eigenvalue weighted by atomic mass is 10.1. The van der Waals surface area contributed by atoms with Gasteiger partial charge in [0.05, 0.1) is 38.7 Å². The van der Waals surface area contributed by atoms with Gasteiger partial charge in [0, 0.05) is 11.6 Å². The molecule has 3 rings (SSSR count). The summed E-state index contributed by atoms with van der Waals surface area (Å²) >= 11 is 0. The first-order valence-corrected chi connectivity index (χ1v) is 12.7. The van der Waals surface area contributed by atoms with Crippen LogP contribution in [-0.2, 0) is 26.3 Å². The summed E-state index contributed by atoms with van der Waals surface area (Å²) in [5.74, 6) is 0.0101. The molecule has 1 heterocycles. The molecule has 0 radical (unpaired) electrons. The van der Waals surface area contributed by atoms with Gasteiger partial charge in [0.15, 0.2) is 11.5 Å². The zero-order valence-corrected chi connectivity index (χ0v) is 20.5. The number of aromatic nitrogens is 2. The average molecular weight is 508 g/mol. The van der Waals surface area contributed by atoms with Gasteiger partial charge in [-0.25, -0.2) is 4.68 Å². The topological polar surface area (TPSA) is 88.9 Å². The van der Waals surface area contributed by atoms with E-state index in [2.05, 4.69) is 9.84 Å². The second kappa shape index (κ2) is 12.1. The number of alkyl halides is 2. The van der Waals surface area contributed by atoms with Crippen LogP contribution in [0.5, 0.6) is 11.5 Å². The molecule has 0 bridgehead atoms. The van der Waals surface area contributed by atoms with Gasteiger partial charge in [-0.3, -0.25) is 9.36 Å². The van der Waals surface area contributed by atoms with Gasteiger partial charge in [-0.1, -0.05) is 24.3 Å². The van der Waals surface area contributed by atoms with Gasteiger partial charge >= 0.3 is 14.2 Å². The van der Waals surface area contributed by atoms with Crippen molar-refractivity contribution < 1.29 is 31.9 Å². The zero-order chi connectivity index (χ0) is 25.4. The Labute approximate surface area is 201 Å². The quantitative estimate of drug-likeness (QED) is 0.305. The van der Waals surface area contributed by atoms with Crippen molar-refractivity contribution in [2.24, 2.45) is 0 Å². The Morgan fingerprint density at radius 3 is 2.34 bits per heavy atom. The van der Waals surface area contributed by atoms with Crippen LogP contribution in [0, 0.1) is 0 Å². The Balaban J connectivity index is 1.88. The van der Waals surface area contributed by atoms with E-state index < -0.39 is 14.2 Å². The standard InChI is InChI=1S/C24H27F2N2O6P/c1-4-32-35(30,33-5-2)16-18-8-6-7-17(13-18)15-28-23(29)12-10-20(27-28)19-9-11-21(31-3)22(14-19)34-24(25)26/h6-14,24H,4-5,15-16H2,1-3H3.